The molecule has 0 radical (unpaired) electrons. The van der Waals surface area contributed by atoms with Crippen LogP contribution in [0.1, 0.15) is 31.9 Å². The second kappa shape index (κ2) is 9.79. The van der Waals surface area contributed by atoms with E-state index in [4.69, 9.17) is 17.0 Å². The Morgan fingerprint density at radius 1 is 1.00 bits per heavy atom. The van der Waals surface area contributed by atoms with Gasteiger partial charge in [-0.3, -0.25) is 10.1 Å². The number of benzene rings is 2. The molecule has 1 aromatic heterocycles. The zero-order valence-corrected chi connectivity index (χ0v) is 19.7. The fourth-order valence-corrected chi connectivity index (χ4v) is 3.46. The predicted octanol–water partition coefficient (Wildman–Crippen LogP) is 4.31. The van der Waals surface area contributed by atoms with Crippen molar-refractivity contribution >= 4 is 40.0 Å². The number of aromatic nitrogens is 1. The van der Waals surface area contributed by atoms with Gasteiger partial charge in [0.05, 0.1) is 12.0 Å². The molecule has 0 aliphatic carbocycles. The number of thiocarbonyl (C=S) groups is 1. The fraction of sp³-hybridized carbons (Fsp3) is 0.200. The maximum atomic E-state index is 13.5. The van der Waals surface area contributed by atoms with E-state index < -0.39 is 4.92 Å². The zero-order chi connectivity index (χ0) is 24.2. The highest BCUT2D eigenvalue weighted by Gasteiger charge is 2.21. The monoisotopic (exact) mass is 463 g/mol. The van der Waals surface area contributed by atoms with E-state index in [1.54, 1.807) is 48.3 Å². The molecule has 0 atom stereocenters. The Labute approximate surface area is 198 Å². The van der Waals surface area contributed by atoms with Gasteiger partial charge in [0.1, 0.15) is 5.75 Å². The molecule has 1 heterocycles. The minimum atomic E-state index is -0.505. The summed E-state index contributed by atoms with van der Waals surface area (Å²) in [6, 6.07) is 16.5. The van der Waals surface area contributed by atoms with Gasteiger partial charge < -0.3 is 15.2 Å². The number of anilines is 1. The van der Waals surface area contributed by atoms with Crippen molar-refractivity contribution < 1.29 is 19.3 Å². The van der Waals surface area contributed by atoms with Crippen LogP contribution in [0.25, 0.3) is 11.5 Å². The first-order chi connectivity index (χ1) is 15.6. The smallest absolute Gasteiger partial charge is 0.269 e. The van der Waals surface area contributed by atoms with Gasteiger partial charge in [-0.15, -0.1) is 0 Å². The van der Waals surface area contributed by atoms with E-state index in [-0.39, 0.29) is 27.5 Å². The van der Waals surface area contributed by atoms with Gasteiger partial charge in [0.15, 0.2) is 17.4 Å². The minimum absolute atomic E-state index is 0.0521. The topological polar surface area (TPSA) is 91.3 Å². The maximum absolute atomic E-state index is 13.5. The number of non-ortho nitro benzene ring substituents is 1. The van der Waals surface area contributed by atoms with Crippen LogP contribution in [0.15, 0.2) is 73.1 Å². The van der Waals surface area contributed by atoms with Crippen LogP contribution in [0.5, 0.6) is 5.75 Å². The van der Waals surface area contributed by atoms with Gasteiger partial charge in [-0.1, -0.05) is 33.0 Å². The number of nitro groups is 1. The Kier molecular flexibility index (Phi) is 7.08. The lowest BCUT2D eigenvalue weighted by Gasteiger charge is -2.19. The zero-order valence-electron chi connectivity index (χ0n) is 18.9. The first-order valence-electron chi connectivity index (χ1n) is 10.2. The summed E-state index contributed by atoms with van der Waals surface area (Å²) in [5.41, 5.74) is 2.19. The van der Waals surface area contributed by atoms with Gasteiger partial charge in [0.2, 0.25) is 5.70 Å². The average molecular weight is 464 g/mol. The molecule has 0 spiro atoms. The van der Waals surface area contributed by atoms with Crippen LogP contribution in [-0.4, -0.2) is 17.0 Å². The van der Waals surface area contributed by atoms with Crippen LogP contribution in [0.4, 0.5) is 11.4 Å². The van der Waals surface area contributed by atoms with Crippen molar-refractivity contribution in [2.75, 3.05) is 12.4 Å². The summed E-state index contributed by atoms with van der Waals surface area (Å²) in [4.78, 5) is 10.7. The van der Waals surface area contributed by atoms with E-state index in [0.717, 1.165) is 5.56 Å². The van der Waals surface area contributed by atoms with E-state index in [1.165, 1.54) is 24.3 Å². The molecule has 0 saturated heterocycles. The lowest BCUT2D eigenvalue weighted by Crippen LogP contribution is -2.40. The van der Waals surface area contributed by atoms with Crippen molar-refractivity contribution in [3.8, 4) is 5.75 Å². The Morgan fingerprint density at radius 3 is 2.06 bits per heavy atom. The third-order valence-corrected chi connectivity index (χ3v) is 5.37. The number of rotatable bonds is 6. The van der Waals surface area contributed by atoms with Crippen LogP contribution < -0.4 is 19.7 Å². The van der Waals surface area contributed by atoms with Crippen molar-refractivity contribution in [2.24, 2.45) is 0 Å². The average Bonchev–Trinajstić information content (AvgIpc) is 2.79. The first kappa shape index (κ1) is 23.9. The molecule has 8 heteroatoms. The molecule has 170 valence electrons. The molecule has 2 aromatic carbocycles. The van der Waals surface area contributed by atoms with Crippen molar-refractivity contribution in [3.05, 3.63) is 94.3 Å². The molecule has 0 amide bonds. The van der Waals surface area contributed by atoms with E-state index in [9.17, 15) is 15.2 Å². The molecule has 1 N–H and O–H groups in total. The van der Waals surface area contributed by atoms with Gasteiger partial charge in [0.25, 0.3) is 5.69 Å². The van der Waals surface area contributed by atoms with Gasteiger partial charge in [0, 0.05) is 30.0 Å². The molecule has 0 unspecified atom stereocenters. The van der Waals surface area contributed by atoms with Crippen LogP contribution >= 0.6 is 12.2 Å². The van der Waals surface area contributed by atoms with Crippen LogP contribution in [0.2, 0.25) is 0 Å². The quantitative estimate of drug-likeness (QED) is 0.146. The third kappa shape index (κ3) is 5.72. The van der Waals surface area contributed by atoms with Crippen LogP contribution in [-0.2, 0) is 5.41 Å². The Hall–Kier alpha value is -3.78. The van der Waals surface area contributed by atoms with Crippen LogP contribution in [0, 0.1) is 10.1 Å². The summed E-state index contributed by atoms with van der Waals surface area (Å²) in [6.45, 7) is 6.32. The SMILES string of the molecule is COc1ccc(NC(=S)/C(=C(\[O-])c2ccc([N+](=O)[O-])cc2)[n+]2ccc(C(C)(C)C)cc2)cc1. The number of nitrogens with zero attached hydrogens (tertiary/aromatic N) is 2. The number of nitrogens with one attached hydrogen (secondary N) is 1. The summed E-state index contributed by atoms with van der Waals surface area (Å²) in [7, 11) is 1.58. The molecule has 0 aliphatic rings. The van der Waals surface area contributed by atoms with Crippen molar-refractivity contribution in [1.29, 1.82) is 0 Å². The standard InChI is InChI=1S/C25H25N3O4S/c1-25(2,3)18-13-15-27(16-14-18)22(23(29)17-5-9-20(10-6-17)28(30)31)24(33)26-19-7-11-21(32-4)12-8-19/h5-16H,1-4H3,(H-,26,29,33). The lowest BCUT2D eigenvalue weighted by atomic mass is 9.88. The first-order valence-corrected chi connectivity index (χ1v) is 10.6. The summed E-state index contributed by atoms with van der Waals surface area (Å²) >= 11 is 5.62. The third-order valence-electron chi connectivity index (χ3n) is 5.07. The Balaban J connectivity index is 2.05. The molecule has 33 heavy (non-hydrogen) atoms. The Bertz CT molecular complexity index is 1180. The van der Waals surface area contributed by atoms with Gasteiger partial charge >= 0.3 is 0 Å². The fourth-order valence-electron chi connectivity index (χ4n) is 3.15. The van der Waals surface area contributed by atoms with E-state index in [0.29, 0.717) is 17.0 Å². The maximum Gasteiger partial charge on any atom is 0.269 e. The largest absolute Gasteiger partial charge is 0.867 e. The highest BCUT2D eigenvalue weighted by atomic mass is 32.1. The highest BCUT2D eigenvalue weighted by Crippen LogP contribution is 2.23. The number of nitro benzene ring substituents is 1. The summed E-state index contributed by atoms with van der Waals surface area (Å²) in [5.74, 6) is 0.342. The number of pyridine rings is 1. The van der Waals surface area contributed by atoms with E-state index in [1.807, 2.05) is 12.1 Å². The lowest BCUT2D eigenvalue weighted by molar-refractivity contribution is -0.577. The van der Waals surface area contributed by atoms with Gasteiger partial charge in [-0.2, -0.15) is 4.57 Å². The molecule has 3 aromatic rings. The highest BCUT2D eigenvalue weighted by molar-refractivity contribution is 7.81. The molecule has 7 nitrogen and oxygen atoms in total. The minimum Gasteiger partial charge on any atom is -0.867 e. The van der Waals surface area contributed by atoms with Crippen molar-refractivity contribution in [2.45, 2.75) is 26.2 Å². The number of ether oxygens (including phenoxy) is 1. The molecule has 0 aliphatic heterocycles. The molecule has 3 rings (SSSR count). The van der Waals surface area contributed by atoms with Gasteiger partial charge in [-0.25, -0.2) is 0 Å². The number of hydrogen-bond donors (Lipinski definition) is 1. The molecule has 0 fully saturated rings. The predicted molar refractivity (Wildman–Crippen MR) is 131 cm³/mol. The Morgan fingerprint density at radius 2 is 1.58 bits per heavy atom. The second-order valence-electron chi connectivity index (χ2n) is 8.41. The summed E-state index contributed by atoms with van der Waals surface area (Å²) in [6.07, 6.45) is 3.59. The van der Waals surface area contributed by atoms with E-state index >= 15 is 0 Å². The molecular weight excluding hydrogens is 438 g/mol. The van der Waals surface area contributed by atoms with E-state index in [2.05, 4.69) is 26.1 Å². The normalized spacial score (nSPS) is 12.0. The van der Waals surface area contributed by atoms with Crippen LogP contribution in [0.3, 0.4) is 0 Å². The molecule has 0 bridgehead atoms. The van der Waals surface area contributed by atoms with Crippen molar-refractivity contribution in [3.63, 3.8) is 0 Å². The van der Waals surface area contributed by atoms with Gasteiger partial charge in [-0.05, 0) is 58.7 Å². The number of hydrogen-bond acceptors (Lipinski definition) is 5. The number of methoxy groups -OCH3 is 1. The second-order valence-corrected chi connectivity index (χ2v) is 8.82. The molecule has 0 saturated carbocycles. The summed E-state index contributed by atoms with van der Waals surface area (Å²) < 4.78 is 6.84. The molecular formula is C25H25N3O4S. The van der Waals surface area contributed by atoms with Crippen molar-refractivity contribution in [1.82, 2.24) is 0 Å². The summed E-state index contributed by atoms with van der Waals surface area (Å²) in [5, 5.41) is 27.6.